The predicted molar refractivity (Wildman–Crippen MR) is 107 cm³/mol. The van der Waals surface area contributed by atoms with Crippen LogP contribution in [0.25, 0.3) is 0 Å². The summed E-state index contributed by atoms with van der Waals surface area (Å²) in [6.07, 6.45) is 1.98. The minimum Gasteiger partial charge on any atom is -0.497 e. The summed E-state index contributed by atoms with van der Waals surface area (Å²) in [5.41, 5.74) is 1.04. The van der Waals surface area contributed by atoms with Gasteiger partial charge in [-0.05, 0) is 61.9 Å². The van der Waals surface area contributed by atoms with Crippen molar-refractivity contribution in [3.8, 4) is 11.5 Å². The van der Waals surface area contributed by atoms with Crippen LogP contribution in [-0.4, -0.2) is 46.4 Å². The highest BCUT2D eigenvalue weighted by Gasteiger charge is 2.30. The molecule has 0 aromatic heterocycles. The Labute approximate surface area is 165 Å². The van der Waals surface area contributed by atoms with Crippen LogP contribution < -0.4 is 9.47 Å². The third kappa shape index (κ3) is 4.57. The molecule has 7 heteroatoms. The van der Waals surface area contributed by atoms with Gasteiger partial charge in [0.2, 0.25) is 0 Å². The third-order valence-electron chi connectivity index (χ3n) is 4.98. The monoisotopic (exact) mass is 409 g/mol. The molecular formula is C20H24ClNO4S. The van der Waals surface area contributed by atoms with Crippen LogP contribution in [-0.2, 0) is 9.84 Å². The summed E-state index contributed by atoms with van der Waals surface area (Å²) in [5, 5.41) is 0.527. The van der Waals surface area contributed by atoms with Crippen LogP contribution in [0, 0.1) is 0 Å². The van der Waals surface area contributed by atoms with Gasteiger partial charge in [0.1, 0.15) is 11.5 Å². The van der Waals surface area contributed by atoms with Crippen molar-refractivity contribution in [2.24, 2.45) is 0 Å². The molecule has 1 heterocycles. The van der Waals surface area contributed by atoms with Crippen molar-refractivity contribution < 1.29 is 17.9 Å². The number of hydrogen-bond donors (Lipinski definition) is 0. The SMILES string of the molecule is COc1ccc(OC)c([C@H]2CCCN2CCS(=O)(=O)c2ccc(Cl)cc2)c1. The fourth-order valence-corrected chi connectivity index (χ4v) is 4.93. The van der Waals surface area contributed by atoms with E-state index in [1.807, 2.05) is 18.2 Å². The lowest BCUT2D eigenvalue weighted by atomic mass is 10.0. The number of ether oxygens (including phenoxy) is 2. The molecule has 146 valence electrons. The van der Waals surface area contributed by atoms with Gasteiger partial charge in [0.15, 0.2) is 9.84 Å². The summed E-state index contributed by atoms with van der Waals surface area (Å²) >= 11 is 5.86. The Hall–Kier alpha value is -1.76. The summed E-state index contributed by atoms with van der Waals surface area (Å²) in [7, 11) is -0.0709. The van der Waals surface area contributed by atoms with Crippen molar-refractivity contribution >= 4 is 21.4 Å². The maximum absolute atomic E-state index is 12.7. The zero-order valence-electron chi connectivity index (χ0n) is 15.5. The van der Waals surface area contributed by atoms with E-state index in [9.17, 15) is 8.42 Å². The second kappa shape index (κ2) is 8.50. The number of sulfone groups is 1. The molecule has 1 saturated heterocycles. The van der Waals surface area contributed by atoms with Gasteiger partial charge in [0.05, 0.1) is 24.9 Å². The Bertz CT molecular complexity index is 883. The molecule has 3 rings (SSSR count). The highest BCUT2D eigenvalue weighted by atomic mass is 35.5. The first-order chi connectivity index (χ1) is 12.9. The lowest BCUT2D eigenvalue weighted by Gasteiger charge is -2.26. The van der Waals surface area contributed by atoms with E-state index in [2.05, 4.69) is 4.90 Å². The van der Waals surface area contributed by atoms with Gasteiger partial charge in [-0.1, -0.05) is 11.6 Å². The standard InChI is InChI=1S/C20H24ClNO4S/c1-25-16-7-10-20(26-2)18(14-16)19-4-3-11-22(19)12-13-27(23,24)17-8-5-15(21)6-9-17/h5-10,14,19H,3-4,11-13H2,1-2H3/t19-/m1/s1. The van der Waals surface area contributed by atoms with Gasteiger partial charge in [-0.3, -0.25) is 4.90 Å². The molecule has 5 nitrogen and oxygen atoms in total. The highest BCUT2D eigenvalue weighted by Crippen LogP contribution is 2.38. The Kier molecular flexibility index (Phi) is 6.29. The minimum absolute atomic E-state index is 0.0669. The Morgan fingerprint density at radius 1 is 1.11 bits per heavy atom. The quantitative estimate of drug-likeness (QED) is 0.692. The number of nitrogens with zero attached hydrogens (tertiary/aromatic N) is 1. The van der Waals surface area contributed by atoms with Crippen molar-refractivity contribution in [1.29, 1.82) is 0 Å². The van der Waals surface area contributed by atoms with E-state index in [4.69, 9.17) is 21.1 Å². The summed E-state index contributed by atoms with van der Waals surface area (Å²) in [6, 6.07) is 12.2. The molecule has 2 aromatic carbocycles. The van der Waals surface area contributed by atoms with Crippen molar-refractivity contribution in [1.82, 2.24) is 4.90 Å². The van der Waals surface area contributed by atoms with Crippen LogP contribution in [0.5, 0.6) is 11.5 Å². The Balaban J connectivity index is 1.76. The Morgan fingerprint density at radius 2 is 1.85 bits per heavy atom. The molecule has 0 N–H and O–H groups in total. The topological polar surface area (TPSA) is 55.8 Å². The van der Waals surface area contributed by atoms with E-state index >= 15 is 0 Å². The second-order valence-corrected chi connectivity index (χ2v) is 9.12. The van der Waals surface area contributed by atoms with Gasteiger partial charge in [0, 0.05) is 23.2 Å². The van der Waals surface area contributed by atoms with E-state index in [0.29, 0.717) is 16.5 Å². The minimum atomic E-state index is -3.35. The second-order valence-electron chi connectivity index (χ2n) is 6.57. The molecular weight excluding hydrogens is 386 g/mol. The van der Waals surface area contributed by atoms with Crippen LogP contribution >= 0.6 is 11.6 Å². The number of hydrogen-bond acceptors (Lipinski definition) is 5. The molecule has 0 amide bonds. The lowest BCUT2D eigenvalue weighted by molar-refractivity contribution is 0.264. The van der Waals surface area contributed by atoms with Crippen LogP contribution in [0.2, 0.25) is 5.02 Å². The van der Waals surface area contributed by atoms with Gasteiger partial charge in [-0.15, -0.1) is 0 Å². The van der Waals surface area contributed by atoms with Crippen LogP contribution in [0.15, 0.2) is 47.4 Å². The zero-order chi connectivity index (χ0) is 19.4. The molecule has 0 aliphatic carbocycles. The van der Waals surface area contributed by atoms with Gasteiger partial charge in [-0.25, -0.2) is 8.42 Å². The van der Waals surface area contributed by atoms with E-state index < -0.39 is 9.84 Å². The Morgan fingerprint density at radius 3 is 2.52 bits per heavy atom. The molecule has 1 aliphatic heterocycles. The fourth-order valence-electron chi connectivity index (χ4n) is 3.54. The number of rotatable bonds is 7. The molecule has 0 bridgehead atoms. The predicted octanol–water partition coefficient (Wildman–Crippen LogP) is 3.97. The first-order valence-corrected chi connectivity index (χ1v) is 10.9. The lowest BCUT2D eigenvalue weighted by Crippen LogP contribution is -2.29. The van der Waals surface area contributed by atoms with E-state index in [-0.39, 0.29) is 11.8 Å². The van der Waals surface area contributed by atoms with Gasteiger partial charge < -0.3 is 9.47 Å². The zero-order valence-corrected chi connectivity index (χ0v) is 17.1. The number of benzene rings is 2. The molecule has 27 heavy (non-hydrogen) atoms. The fraction of sp³-hybridized carbons (Fsp3) is 0.400. The van der Waals surface area contributed by atoms with Gasteiger partial charge in [0.25, 0.3) is 0 Å². The smallest absolute Gasteiger partial charge is 0.179 e. The van der Waals surface area contributed by atoms with E-state index in [1.54, 1.807) is 38.5 Å². The molecule has 0 radical (unpaired) electrons. The maximum atomic E-state index is 12.7. The van der Waals surface area contributed by atoms with Crippen molar-refractivity contribution in [2.75, 3.05) is 33.1 Å². The normalized spacial score (nSPS) is 17.8. The van der Waals surface area contributed by atoms with Crippen LogP contribution in [0.4, 0.5) is 0 Å². The molecule has 1 fully saturated rings. The van der Waals surface area contributed by atoms with E-state index in [0.717, 1.165) is 36.4 Å². The summed E-state index contributed by atoms with van der Waals surface area (Å²) < 4.78 is 36.2. The first kappa shape index (κ1) is 20.0. The first-order valence-electron chi connectivity index (χ1n) is 8.89. The largest absolute Gasteiger partial charge is 0.497 e. The number of methoxy groups -OCH3 is 2. The average molecular weight is 410 g/mol. The summed E-state index contributed by atoms with van der Waals surface area (Å²) in [4.78, 5) is 2.52. The van der Waals surface area contributed by atoms with E-state index in [1.165, 1.54) is 0 Å². The summed E-state index contributed by atoms with van der Waals surface area (Å²) in [5.74, 6) is 1.64. The maximum Gasteiger partial charge on any atom is 0.179 e. The molecule has 0 saturated carbocycles. The van der Waals surface area contributed by atoms with Crippen molar-refractivity contribution in [3.05, 3.63) is 53.1 Å². The number of halogens is 1. The third-order valence-corrected chi connectivity index (χ3v) is 6.94. The molecule has 1 atom stereocenters. The highest BCUT2D eigenvalue weighted by molar-refractivity contribution is 7.91. The van der Waals surface area contributed by atoms with Gasteiger partial charge >= 0.3 is 0 Å². The number of likely N-dealkylation sites (tertiary alicyclic amines) is 1. The average Bonchev–Trinajstić information content (AvgIpc) is 3.14. The van der Waals surface area contributed by atoms with Crippen LogP contribution in [0.1, 0.15) is 24.4 Å². The molecule has 1 aliphatic rings. The molecule has 2 aromatic rings. The molecule has 0 unspecified atom stereocenters. The van der Waals surface area contributed by atoms with Crippen LogP contribution in [0.3, 0.4) is 0 Å². The van der Waals surface area contributed by atoms with Crippen molar-refractivity contribution in [2.45, 2.75) is 23.8 Å². The van der Waals surface area contributed by atoms with Gasteiger partial charge in [-0.2, -0.15) is 0 Å². The summed E-state index contributed by atoms with van der Waals surface area (Å²) in [6.45, 7) is 1.33. The molecule has 0 spiro atoms. The van der Waals surface area contributed by atoms with Crippen molar-refractivity contribution in [3.63, 3.8) is 0 Å².